The minimum atomic E-state index is -0.672. The van der Waals surface area contributed by atoms with Gasteiger partial charge in [0.1, 0.15) is 0 Å². The number of carbonyl (C=O) groups is 1. The van der Waals surface area contributed by atoms with Crippen molar-refractivity contribution in [2.24, 2.45) is 5.73 Å². The van der Waals surface area contributed by atoms with Gasteiger partial charge in [0, 0.05) is 23.4 Å². The zero-order valence-electron chi connectivity index (χ0n) is 11.3. The van der Waals surface area contributed by atoms with Crippen LogP contribution in [0.15, 0.2) is 18.2 Å². The average molecular weight is 278 g/mol. The molecule has 0 spiro atoms. The molecule has 108 valence electrons. The first-order valence-electron chi connectivity index (χ1n) is 6.48. The van der Waals surface area contributed by atoms with Crippen LogP contribution in [0.5, 0.6) is 0 Å². The number of anilines is 1. The normalized spacial score (nSPS) is 17.4. The second-order valence-electron chi connectivity index (χ2n) is 5.29. The molecule has 1 saturated heterocycles. The highest BCUT2D eigenvalue weighted by atomic mass is 16.6. The Bertz CT molecular complexity index is 538. The Morgan fingerprint density at radius 1 is 1.45 bits per heavy atom. The minimum absolute atomic E-state index is 0.139. The first kappa shape index (κ1) is 14.3. The zero-order valence-corrected chi connectivity index (χ0v) is 11.3. The van der Waals surface area contributed by atoms with Gasteiger partial charge in [-0.2, -0.15) is 0 Å². The number of rotatable bonds is 4. The highest BCUT2D eigenvalue weighted by Gasteiger charge is 2.28. The predicted molar refractivity (Wildman–Crippen MR) is 75.7 cm³/mol. The van der Waals surface area contributed by atoms with Crippen molar-refractivity contribution in [3.8, 4) is 0 Å². The van der Waals surface area contributed by atoms with Gasteiger partial charge in [-0.1, -0.05) is 0 Å². The van der Waals surface area contributed by atoms with Gasteiger partial charge in [-0.25, -0.2) is 0 Å². The molecule has 2 rings (SSSR count). The van der Waals surface area contributed by atoms with Crippen molar-refractivity contribution in [2.45, 2.75) is 25.3 Å². The fourth-order valence-corrected chi connectivity index (χ4v) is 2.39. The van der Waals surface area contributed by atoms with Crippen LogP contribution in [0.4, 0.5) is 11.4 Å². The molecule has 4 N–H and O–H groups in total. The second-order valence-corrected chi connectivity index (χ2v) is 5.29. The molecule has 1 aliphatic heterocycles. The Hall–Kier alpha value is -2.15. The maximum Gasteiger partial charge on any atom is 0.270 e. The van der Waals surface area contributed by atoms with Crippen LogP contribution in [-0.2, 0) is 0 Å². The molecule has 1 aromatic carbocycles. The van der Waals surface area contributed by atoms with Crippen LogP contribution in [0.25, 0.3) is 0 Å². The van der Waals surface area contributed by atoms with Crippen LogP contribution in [-0.4, -0.2) is 29.5 Å². The van der Waals surface area contributed by atoms with Crippen LogP contribution in [0, 0.1) is 10.1 Å². The zero-order chi connectivity index (χ0) is 14.8. The smallest absolute Gasteiger partial charge is 0.270 e. The molecule has 20 heavy (non-hydrogen) atoms. The van der Waals surface area contributed by atoms with E-state index in [4.69, 9.17) is 5.73 Å². The molecule has 0 aliphatic carbocycles. The van der Waals surface area contributed by atoms with Crippen molar-refractivity contribution in [1.29, 1.82) is 0 Å². The number of nitro benzene ring substituents is 1. The number of nitrogens with zero attached hydrogens (tertiary/aromatic N) is 1. The number of nitrogens with one attached hydrogen (secondary N) is 2. The molecule has 0 bridgehead atoms. The number of primary amides is 1. The lowest BCUT2D eigenvalue weighted by atomic mass is 9.90. The number of nitro groups is 1. The van der Waals surface area contributed by atoms with Crippen molar-refractivity contribution in [2.75, 3.05) is 18.4 Å². The van der Waals surface area contributed by atoms with E-state index < -0.39 is 10.8 Å². The lowest BCUT2D eigenvalue weighted by molar-refractivity contribution is -0.384. The summed E-state index contributed by atoms with van der Waals surface area (Å²) in [6.07, 6.45) is 1.81. The van der Waals surface area contributed by atoms with E-state index in [1.54, 1.807) is 6.07 Å². The van der Waals surface area contributed by atoms with Crippen LogP contribution in [0.1, 0.15) is 30.1 Å². The van der Waals surface area contributed by atoms with Gasteiger partial charge in [-0.15, -0.1) is 0 Å². The lowest BCUT2D eigenvalue weighted by Crippen LogP contribution is -2.45. The molecule has 0 aromatic heterocycles. The van der Waals surface area contributed by atoms with E-state index in [-0.39, 0.29) is 16.8 Å². The van der Waals surface area contributed by atoms with E-state index in [9.17, 15) is 14.9 Å². The molecule has 1 aliphatic rings. The van der Waals surface area contributed by atoms with Crippen LogP contribution >= 0.6 is 0 Å². The molecular formula is C13H18N4O3. The molecule has 0 radical (unpaired) electrons. The Balaban J connectivity index is 2.31. The largest absolute Gasteiger partial charge is 0.379 e. The Labute approximate surface area is 116 Å². The van der Waals surface area contributed by atoms with E-state index >= 15 is 0 Å². The molecule has 7 heteroatoms. The summed E-state index contributed by atoms with van der Waals surface area (Å²) in [6, 6.07) is 4.14. The molecule has 0 unspecified atom stereocenters. The first-order valence-corrected chi connectivity index (χ1v) is 6.48. The van der Waals surface area contributed by atoms with Gasteiger partial charge >= 0.3 is 0 Å². The van der Waals surface area contributed by atoms with Crippen molar-refractivity contribution >= 4 is 17.3 Å². The molecule has 1 fully saturated rings. The highest BCUT2D eigenvalue weighted by molar-refractivity contribution is 5.99. The quantitative estimate of drug-likeness (QED) is 0.567. The monoisotopic (exact) mass is 278 g/mol. The SMILES string of the molecule is CC1(Nc2ccc([N+](=O)[O-])cc2C(N)=O)CCNCC1. The Morgan fingerprint density at radius 3 is 2.65 bits per heavy atom. The van der Waals surface area contributed by atoms with Gasteiger partial charge in [0.2, 0.25) is 0 Å². The van der Waals surface area contributed by atoms with Gasteiger partial charge in [0.05, 0.1) is 10.5 Å². The lowest BCUT2D eigenvalue weighted by Gasteiger charge is -2.36. The van der Waals surface area contributed by atoms with Crippen molar-refractivity contribution < 1.29 is 9.72 Å². The maximum atomic E-state index is 11.5. The number of hydrogen-bond acceptors (Lipinski definition) is 5. The third-order valence-corrected chi connectivity index (χ3v) is 3.62. The van der Waals surface area contributed by atoms with E-state index in [0.717, 1.165) is 25.9 Å². The molecule has 0 atom stereocenters. The minimum Gasteiger partial charge on any atom is -0.379 e. The summed E-state index contributed by atoms with van der Waals surface area (Å²) in [4.78, 5) is 21.7. The summed E-state index contributed by atoms with van der Waals surface area (Å²) in [5, 5.41) is 17.3. The summed E-state index contributed by atoms with van der Waals surface area (Å²) in [6.45, 7) is 3.85. The fourth-order valence-electron chi connectivity index (χ4n) is 2.39. The number of hydrogen-bond donors (Lipinski definition) is 3. The van der Waals surface area contributed by atoms with Gasteiger partial charge < -0.3 is 16.4 Å². The number of amides is 1. The molecule has 1 aromatic rings. The number of carbonyl (C=O) groups excluding carboxylic acids is 1. The molecule has 7 nitrogen and oxygen atoms in total. The van der Waals surface area contributed by atoms with E-state index in [1.165, 1.54) is 12.1 Å². The van der Waals surface area contributed by atoms with E-state index in [2.05, 4.69) is 17.6 Å². The standard InChI is InChI=1S/C13H18N4O3/c1-13(4-6-15-7-5-13)16-11-3-2-9(17(19)20)8-10(11)12(14)18/h2-3,8,15-16H,4-7H2,1H3,(H2,14,18). The Kier molecular flexibility index (Phi) is 3.89. The summed E-state index contributed by atoms with van der Waals surface area (Å²) in [5.41, 5.74) is 5.73. The third-order valence-electron chi connectivity index (χ3n) is 3.62. The summed E-state index contributed by atoms with van der Waals surface area (Å²) in [7, 11) is 0. The van der Waals surface area contributed by atoms with Gasteiger partial charge in [0.15, 0.2) is 0 Å². The first-order chi connectivity index (χ1) is 9.41. The summed E-state index contributed by atoms with van der Waals surface area (Å²) >= 11 is 0. The van der Waals surface area contributed by atoms with Gasteiger partial charge in [-0.3, -0.25) is 14.9 Å². The summed E-state index contributed by atoms with van der Waals surface area (Å²) in [5.74, 6) is -0.672. The number of benzene rings is 1. The van der Waals surface area contributed by atoms with Crippen molar-refractivity contribution in [1.82, 2.24) is 5.32 Å². The molecular weight excluding hydrogens is 260 g/mol. The predicted octanol–water partition coefficient (Wildman–Crippen LogP) is 1.25. The average Bonchev–Trinajstić information content (AvgIpc) is 2.39. The Morgan fingerprint density at radius 2 is 2.10 bits per heavy atom. The molecule has 1 heterocycles. The molecule has 1 amide bonds. The van der Waals surface area contributed by atoms with Gasteiger partial charge in [0.25, 0.3) is 11.6 Å². The number of non-ortho nitro benzene ring substituents is 1. The van der Waals surface area contributed by atoms with Crippen molar-refractivity contribution in [3.63, 3.8) is 0 Å². The molecule has 0 saturated carbocycles. The number of piperidine rings is 1. The fraction of sp³-hybridized carbons (Fsp3) is 0.462. The van der Waals surface area contributed by atoms with Crippen LogP contribution in [0.3, 0.4) is 0 Å². The van der Waals surface area contributed by atoms with Gasteiger partial charge in [-0.05, 0) is 38.9 Å². The van der Waals surface area contributed by atoms with E-state index in [1.807, 2.05) is 0 Å². The second kappa shape index (κ2) is 5.46. The third kappa shape index (κ3) is 3.05. The van der Waals surface area contributed by atoms with E-state index in [0.29, 0.717) is 5.69 Å². The van der Waals surface area contributed by atoms with Crippen LogP contribution in [0.2, 0.25) is 0 Å². The summed E-state index contributed by atoms with van der Waals surface area (Å²) < 4.78 is 0. The van der Waals surface area contributed by atoms with Crippen molar-refractivity contribution in [3.05, 3.63) is 33.9 Å². The highest BCUT2D eigenvalue weighted by Crippen LogP contribution is 2.28. The maximum absolute atomic E-state index is 11.5. The topological polar surface area (TPSA) is 110 Å². The number of nitrogens with two attached hydrogens (primary N) is 1. The van der Waals surface area contributed by atoms with Crippen LogP contribution < -0.4 is 16.4 Å².